The summed E-state index contributed by atoms with van der Waals surface area (Å²) in [7, 11) is 0. The van der Waals surface area contributed by atoms with Crippen LogP contribution in [0.25, 0.3) is 27.5 Å². The molecule has 0 unspecified atom stereocenters. The first-order chi connectivity index (χ1) is 17.1. The smallest absolute Gasteiger partial charge is 0.410 e. The van der Waals surface area contributed by atoms with Crippen molar-refractivity contribution in [3.8, 4) is 17.2 Å². The van der Waals surface area contributed by atoms with Crippen LogP contribution in [0.4, 0.5) is 4.79 Å². The predicted molar refractivity (Wildman–Crippen MR) is 138 cm³/mol. The third-order valence-corrected chi connectivity index (χ3v) is 6.57. The van der Waals surface area contributed by atoms with Crippen LogP contribution in [-0.4, -0.2) is 43.6 Å². The largest absolute Gasteiger partial charge is 0.444 e. The monoisotopic (exact) mass is 483 g/mol. The summed E-state index contributed by atoms with van der Waals surface area (Å²) in [5.74, 6) is 0. The Balaban J connectivity index is 1.40. The third-order valence-electron chi connectivity index (χ3n) is 6.57. The molecule has 3 aromatic heterocycles. The van der Waals surface area contributed by atoms with Gasteiger partial charge in [0, 0.05) is 43.1 Å². The fraction of sp³-hybridized carbons (Fsp3) is 0.357. The van der Waals surface area contributed by atoms with E-state index in [0.29, 0.717) is 42.5 Å². The van der Waals surface area contributed by atoms with E-state index in [0.717, 1.165) is 22.2 Å². The fourth-order valence-corrected chi connectivity index (χ4v) is 4.84. The van der Waals surface area contributed by atoms with E-state index in [1.807, 2.05) is 81.0 Å². The SMILES string of the molecule is Cc1cn2cc(-c3ccc4c(=O)n(C5CCN(C(=O)OC(C)(C)C)CC5)ccc4c3)cc(C#N)c2n1. The molecule has 0 aliphatic carbocycles. The zero-order chi connectivity index (χ0) is 25.6. The number of amides is 1. The molecule has 1 aromatic carbocycles. The Hall–Kier alpha value is -4.12. The van der Waals surface area contributed by atoms with Crippen molar-refractivity contribution in [1.82, 2.24) is 18.9 Å². The van der Waals surface area contributed by atoms with E-state index in [1.165, 1.54) is 0 Å². The third kappa shape index (κ3) is 4.44. The van der Waals surface area contributed by atoms with Gasteiger partial charge in [-0.05, 0) is 81.3 Å². The Morgan fingerprint density at radius 1 is 1.11 bits per heavy atom. The zero-order valence-electron chi connectivity index (χ0n) is 21.0. The van der Waals surface area contributed by atoms with Gasteiger partial charge in [-0.1, -0.05) is 6.07 Å². The van der Waals surface area contributed by atoms with Gasteiger partial charge in [0.15, 0.2) is 5.65 Å². The Labute approximate surface area is 209 Å². The summed E-state index contributed by atoms with van der Waals surface area (Å²) in [4.78, 5) is 31.9. The second-order valence-corrected chi connectivity index (χ2v) is 10.4. The van der Waals surface area contributed by atoms with Crippen molar-refractivity contribution in [2.24, 2.45) is 0 Å². The van der Waals surface area contributed by atoms with Crippen LogP contribution in [0, 0.1) is 18.3 Å². The van der Waals surface area contributed by atoms with Crippen LogP contribution < -0.4 is 5.56 Å². The number of ether oxygens (including phenoxy) is 1. The van der Waals surface area contributed by atoms with Crippen molar-refractivity contribution < 1.29 is 9.53 Å². The minimum Gasteiger partial charge on any atom is -0.444 e. The van der Waals surface area contributed by atoms with Gasteiger partial charge >= 0.3 is 6.09 Å². The van der Waals surface area contributed by atoms with Crippen molar-refractivity contribution in [2.75, 3.05) is 13.1 Å². The van der Waals surface area contributed by atoms with Crippen LogP contribution in [0.2, 0.25) is 0 Å². The van der Waals surface area contributed by atoms with E-state index in [9.17, 15) is 14.9 Å². The second kappa shape index (κ2) is 8.83. The average Bonchev–Trinajstić information content (AvgIpc) is 3.22. The first kappa shape index (κ1) is 23.6. The number of benzene rings is 1. The standard InChI is InChI=1S/C28H29N5O3/c1-18-16-32-17-22(14-21(15-29)25(32)30-18)19-5-6-24-20(13-19)7-12-33(26(24)34)23-8-10-31(11-9-23)27(35)36-28(2,3)4/h5-7,12-14,16-17,23H,8-11H2,1-4H3. The molecule has 36 heavy (non-hydrogen) atoms. The van der Waals surface area contributed by atoms with Crippen molar-refractivity contribution in [3.63, 3.8) is 0 Å². The lowest BCUT2D eigenvalue weighted by Crippen LogP contribution is -2.43. The molecule has 0 spiro atoms. The summed E-state index contributed by atoms with van der Waals surface area (Å²) in [5, 5.41) is 11.1. The molecule has 0 radical (unpaired) electrons. The first-order valence-electron chi connectivity index (χ1n) is 12.2. The van der Waals surface area contributed by atoms with Crippen LogP contribution in [-0.2, 0) is 4.74 Å². The van der Waals surface area contributed by atoms with Crippen LogP contribution >= 0.6 is 0 Å². The molecule has 4 aromatic rings. The highest BCUT2D eigenvalue weighted by Crippen LogP contribution is 2.27. The van der Waals surface area contributed by atoms with Gasteiger partial charge in [-0.25, -0.2) is 9.78 Å². The molecule has 0 saturated carbocycles. The van der Waals surface area contributed by atoms with Gasteiger partial charge in [-0.15, -0.1) is 0 Å². The minimum atomic E-state index is -0.526. The number of pyridine rings is 2. The summed E-state index contributed by atoms with van der Waals surface area (Å²) in [6.45, 7) is 8.59. The van der Waals surface area contributed by atoms with Crippen LogP contribution in [0.3, 0.4) is 0 Å². The number of hydrogen-bond donors (Lipinski definition) is 0. The Morgan fingerprint density at radius 3 is 2.56 bits per heavy atom. The van der Waals surface area contributed by atoms with Gasteiger partial charge < -0.3 is 18.6 Å². The highest BCUT2D eigenvalue weighted by molar-refractivity contribution is 5.87. The molecule has 184 valence electrons. The molecule has 5 rings (SSSR count). The number of carbonyl (C=O) groups excluding carboxylic acids is 1. The van der Waals surface area contributed by atoms with Crippen molar-refractivity contribution in [1.29, 1.82) is 5.26 Å². The number of piperidine rings is 1. The molecular formula is C28H29N5O3. The zero-order valence-corrected chi connectivity index (χ0v) is 21.0. The number of carbonyl (C=O) groups is 1. The first-order valence-corrected chi connectivity index (χ1v) is 12.2. The van der Waals surface area contributed by atoms with Crippen molar-refractivity contribution in [3.05, 3.63) is 70.5 Å². The minimum absolute atomic E-state index is 0.0327. The van der Waals surface area contributed by atoms with Crippen molar-refractivity contribution in [2.45, 2.75) is 52.2 Å². The molecule has 1 aliphatic rings. The maximum absolute atomic E-state index is 13.4. The molecule has 1 aliphatic heterocycles. The molecule has 0 bridgehead atoms. The lowest BCUT2D eigenvalue weighted by Gasteiger charge is -2.34. The Kier molecular flexibility index (Phi) is 5.79. The number of hydrogen-bond acceptors (Lipinski definition) is 5. The van der Waals surface area contributed by atoms with Gasteiger partial charge in [0.25, 0.3) is 5.56 Å². The van der Waals surface area contributed by atoms with Gasteiger partial charge in [0.05, 0.1) is 11.3 Å². The fourth-order valence-electron chi connectivity index (χ4n) is 4.84. The molecule has 1 fully saturated rings. The van der Waals surface area contributed by atoms with E-state index in [2.05, 4.69) is 11.1 Å². The predicted octanol–water partition coefficient (Wildman–Crippen LogP) is 5.07. The van der Waals surface area contributed by atoms with E-state index in [4.69, 9.17) is 4.74 Å². The lowest BCUT2D eigenvalue weighted by atomic mass is 10.0. The van der Waals surface area contributed by atoms with E-state index < -0.39 is 5.60 Å². The molecule has 0 N–H and O–H groups in total. The number of aromatic nitrogens is 3. The molecule has 4 heterocycles. The number of nitriles is 1. The molecule has 0 atom stereocenters. The number of likely N-dealkylation sites (tertiary alicyclic amines) is 1. The van der Waals surface area contributed by atoms with E-state index in [1.54, 1.807) is 9.47 Å². The van der Waals surface area contributed by atoms with Gasteiger partial charge in [-0.3, -0.25) is 4.79 Å². The number of fused-ring (bicyclic) bond motifs is 2. The average molecular weight is 484 g/mol. The van der Waals surface area contributed by atoms with Crippen LogP contribution in [0.15, 0.2) is 53.7 Å². The molecule has 1 saturated heterocycles. The highest BCUT2D eigenvalue weighted by Gasteiger charge is 2.28. The molecular weight excluding hydrogens is 454 g/mol. The number of imidazole rings is 1. The van der Waals surface area contributed by atoms with Crippen molar-refractivity contribution >= 4 is 22.5 Å². The quantitative estimate of drug-likeness (QED) is 0.397. The second-order valence-electron chi connectivity index (χ2n) is 10.4. The maximum Gasteiger partial charge on any atom is 0.410 e. The van der Waals surface area contributed by atoms with E-state index in [-0.39, 0.29) is 17.7 Å². The van der Waals surface area contributed by atoms with E-state index >= 15 is 0 Å². The summed E-state index contributed by atoms with van der Waals surface area (Å²) < 4.78 is 9.15. The lowest BCUT2D eigenvalue weighted by molar-refractivity contribution is 0.0187. The summed E-state index contributed by atoms with van der Waals surface area (Å²) in [6.07, 6.45) is 6.80. The number of nitrogens with zero attached hydrogens (tertiary/aromatic N) is 5. The molecule has 1 amide bonds. The number of rotatable bonds is 2. The maximum atomic E-state index is 13.4. The topological polar surface area (TPSA) is 92.6 Å². The summed E-state index contributed by atoms with van der Waals surface area (Å²) in [5.41, 5.74) is 3.25. The summed E-state index contributed by atoms with van der Waals surface area (Å²) in [6, 6.07) is 11.8. The highest BCUT2D eigenvalue weighted by atomic mass is 16.6. The number of aryl methyl sites for hydroxylation is 1. The Bertz CT molecular complexity index is 1580. The van der Waals surface area contributed by atoms with Gasteiger partial charge in [0.1, 0.15) is 11.7 Å². The van der Waals surface area contributed by atoms with Gasteiger partial charge in [0.2, 0.25) is 0 Å². The normalized spacial score (nSPS) is 14.8. The summed E-state index contributed by atoms with van der Waals surface area (Å²) >= 11 is 0. The van der Waals surface area contributed by atoms with Crippen LogP contribution in [0.5, 0.6) is 0 Å². The van der Waals surface area contributed by atoms with Gasteiger partial charge in [-0.2, -0.15) is 5.26 Å². The molecule has 8 heteroatoms. The molecule has 8 nitrogen and oxygen atoms in total. The van der Waals surface area contributed by atoms with Crippen LogP contribution in [0.1, 0.15) is 50.9 Å². The Morgan fingerprint density at radius 2 is 1.86 bits per heavy atom.